The van der Waals surface area contributed by atoms with Crippen molar-refractivity contribution in [3.05, 3.63) is 18.2 Å². The lowest BCUT2D eigenvalue weighted by molar-refractivity contribution is 0.342. The monoisotopic (exact) mass is 252 g/mol. The maximum Gasteiger partial charge on any atom is 0.144 e. The standard InChI is InChI=1S/C13H20N2OS/c1-3-16-13-8-11(4-5-12(13)14)15-6-7-17-9-10(15)2/h4-5,8,10H,3,6-7,9,14H2,1-2H3. The molecule has 2 N–H and O–H groups in total. The van der Waals surface area contributed by atoms with Crippen LogP contribution in [0.3, 0.4) is 0 Å². The van der Waals surface area contributed by atoms with Gasteiger partial charge in [-0.2, -0.15) is 11.8 Å². The van der Waals surface area contributed by atoms with E-state index in [4.69, 9.17) is 10.5 Å². The fraction of sp³-hybridized carbons (Fsp3) is 0.538. The van der Waals surface area contributed by atoms with E-state index in [9.17, 15) is 0 Å². The van der Waals surface area contributed by atoms with Crippen molar-refractivity contribution in [1.82, 2.24) is 0 Å². The fourth-order valence-electron chi connectivity index (χ4n) is 2.09. The molecule has 0 aromatic heterocycles. The van der Waals surface area contributed by atoms with Gasteiger partial charge in [-0.25, -0.2) is 0 Å². The highest BCUT2D eigenvalue weighted by Crippen LogP contribution is 2.30. The second-order valence-corrected chi connectivity index (χ2v) is 5.42. The molecular weight excluding hydrogens is 232 g/mol. The first-order chi connectivity index (χ1) is 8.22. The van der Waals surface area contributed by atoms with Crippen LogP contribution in [0, 0.1) is 0 Å². The third-order valence-corrected chi connectivity index (χ3v) is 4.19. The number of ether oxygens (including phenoxy) is 1. The number of nitrogen functional groups attached to an aromatic ring is 1. The average Bonchev–Trinajstić information content (AvgIpc) is 2.33. The van der Waals surface area contributed by atoms with E-state index in [2.05, 4.69) is 24.0 Å². The van der Waals surface area contributed by atoms with Crippen molar-refractivity contribution in [2.45, 2.75) is 19.9 Å². The van der Waals surface area contributed by atoms with E-state index in [1.807, 2.05) is 24.8 Å². The largest absolute Gasteiger partial charge is 0.492 e. The number of nitrogens with zero attached hydrogens (tertiary/aromatic N) is 1. The average molecular weight is 252 g/mol. The molecule has 0 aliphatic carbocycles. The first-order valence-corrected chi connectivity index (χ1v) is 7.24. The van der Waals surface area contributed by atoms with Gasteiger partial charge < -0.3 is 15.4 Å². The Balaban J connectivity index is 2.22. The van der Waals surface area contributed by atoms with E-state index in [1.54, 1.807) is 0 Å². The van der Waals surface area contributed by atoms with Gasteiger partial charge in [0.25, 0.3) is 0 Å². The van der Waals surface area contributed by atoms with Crippen molar-refractivity contribution in [2.24, 2.45) is 0 Å². The zero-order valence-corrected chi connectivity index (χ0v) is 11.3. The fourth-order valence-corrected chi connectivity index (χ4v) is 3.11. The van der Waals surface area contributed by atoms with Crippen LogP contribution in [0.2, 0.25) is 0 Å². The van der Waals surface area contributed by atoms with Crippen LogP contribution in [-0.4, -0.2) is 30.7 Å². The summed E-state index contributed by atoms with van der Waals surface area (Å²) in [4.78, 5) is 2.43. The smallest absolute Gasteiger partial charge is 0.144 e. The molecule has 1 heterocycles. The van der Waals surface area contributed by atoms with E-state index in [0.717, 1.165) is 18.0 Å². The van der Waals surface area contributed by atoms with Crippen LogP contribution >= 0.6 is 11.8 Å². The van der Waals surface area contributed by atoms with Crippen LogP contribution in [0.5, 0.6) is 5.75 Å². The quantitative estimate of drug-likeness (QED) is 0.839. The number of rotatable bonds is 3. The normalized spacial score (nSPS) is 20.4. The van der Waals surface area contributed by atoms with Gasteiger partial charge in [-0.05, 0) is 26.0 Å². The number of hydrogen-bond donors (Lipinski definition) is 1. The Morgan fingerprint density at radius 1 is 1.53 bits per heavy atom. The van der Waals surface area contributed by atoms with Gasteiger partial charge in [0.1, 0.15) is 5.75 Å². The summed E-state index contributed by atoms with van der Waals surface area (Å²) in [7, 11) is 0. The predicted molar refractivity (Wildman–Crippen MR) is 76.2 cm³/mol. The third kappa shape index (κ3) is 2.80. The molecule has 17 heavy (non-hydrogen) atoms. The Hall–Kier alpha value is -1.03. The molecule has 0 radical (unpaired) electrons. The molecule has 1 fully saturated rings. The van der Waals surface area contributed by atoms with Crippen LogP contribution in [-0.2, 0) is 0 Å². The van der Waals surface area contributed by atoms with Crippen LogP contribution in [0.25, 0.3) is 0 Å². The molecule has 0 amide bonds. The second-order valence-electron chi connectivity index (χ2n) is 4.27. The van der Waals surface area contributed by atoms with Gasteiger partial charge in [-0.3, -0.25) is 0 Å². The molecule has 0 saturated carbocycles. The lowest BCUT2D eigenvalue weighted by Gasteiger charge is -2.35. The highest BCUT2D eigenvalue weighted by Gasteiger charge is 2.19. The van der Waals surface area contributed by atoms with Gasteiger partial charge in [-0.1, -0.05) is 0 Å². The van der Waals surface area contributed by atoms with E-state index >= 15 is 0 Å². The summed E-state index contributed by atoms with van der Waals surface area (Å²) in [5.41, 5.74) is 7.83. The summed E-state index contributed by atoms with van der Waals surface area (Å²) in [6.07, 6.45) is 0. The zero-order valence-electron chi connectivity index (χ0n) is 10.5. The van der Waals surface area contributed by atoms with E-state index in [1.165, 1.54) is 17.2 Å². The Morgan fingerprint density at radius 3 is 3.06 bits per heavy atom. The number of nitrogens with two attached hydrogens (primary N) is 1. The van der Waals surface area contributed by atoms with Crippen molar-refractivity contribution >= 4 is 23.1 Å². The Bertz CT molecular complexity index is 384. The molecule has 1 aromatic rings. The molecule has 0 bridgehead atoms. The molecule has 1 atom stereocenters. The highest BCUT2D eigenvalue weighted by atomic mass is 32.2. The van der Waals surface area contributed by atoms with Crippen LogP contribution < -0.4 is 15.4 Å². The van der Waals surface area contributed by atoms with Crippen molar-refractivity contribution in [3.63, 3.8) is 0 Å². The molecule has 1 aromatic carbocycles. The lowest BCUT2D eigenvalue weighted by atomic mass is 10.2. The number of thioether (sulfide) groups is 1. The van der Waals surface area contributed by atoms with Gasteiger partial charge in [0.05, 0.1) is 12.3 Å². The minimum atomic E-state index is 0.576. The lowest BCUT2D eigenvalue weighted by Crippen LogP contribution is -2.40. The van der Waals surface area contributed by atoms with Gasteiger partial charge in [0.15, 0.2) is 0 Å². The van der Waals surface area contributed by atoms with E-state index < -0.39 is 0 Å². The Morgan fingerprint density at radius 2 is 2.35 bits per heavy atom. The molecule has 3 nitrogen and oxygen atoms in total. The topological polar surface area (TPSA) is 38.5 Å². The maximum absolute atomic E-state index is 5.89. The number of benzene rings is 1. The number of anilines is 2. The van der Waals surface area contributed by atoms with Crippen molar-refractivity contribution < 1.29 is 4.74 Å². The molecule has 4 heteroatoms. The Labute approximate surface area is 107 Å². The first-order valence-electron chi connectivity index (χ1n) is 6.09. The summed E-state index contributed by atoms with van der Waals surface area (Å²) >= 11 is 2.02. The van der Waals surface area contributed by atoms with Gasteiger partial charge in [0, 0.05) is 35.8 Å². The summed E-state index contributed by atoms with van der Waals surface area (Å²) < 4.78 is 5.55. The minimum absolute atomic E-state index is 0.576. The summed E-state index contributed by atoms with van der Waals surface area (Å²) in [6.45, 7) is 6.00. The van der Waals surface area contributed by atoms with Crippen LogP contribution in [0.1, 0.15) is 13.8 Å². The molecule has 1 aliphatic rings. The van der Waals surface area contributed by atoms with Crippen molar-refractivity contribution in [3.8, 4) is 5.75 Å². The van der Waals surface area contributed by atoms with Crippen LogP contribution in [0.15, 0.2) is 18.2 Å². The first kappa shape index (κ1) is 12.4. The molecule has 0 spiro atoms. The van der Waals surface area contributed by atoms with Gasteiger partial charge in [-0.15, -0.1) is 0 Å². The summed E-state index contributed by atoms with van der Waals surface area (Å²) in [6, 6.07) is 6.66. The van der Waals surface area contributed by atoms with Gasteiger partial charge in [0.2, 0.25) is 0 Å². The third-order valence-electron chi connectivity index (χ3n) is 3.00. The molecule has 1 saturated heterocycles. The van der Waals surface area contributed by atoms with Gasteiger partial charge >= 0.3 is 0 Å². The number of hydrogen-bond acceptors (Lipinski definition) is 4. The summed E-state index contributed by atoms with van der Waals surface area (Å²) in [5.74, 6) is 3.18. The van der Waals surface area contributed by atoms with E-state index in [-0.39, 0.29) is 0 Å². The molecular formula is C13H20N2OS. The minimum Gasteiger partial charge on any atom is -0.492 e. The molecule has 1 unspecified atom stereocenters. The predicted octanol–water partition coefficient (Wildman–Crippen LogP) is 2.61. The molecule has 1 aliphatic heterocycles. The van der Waals surface area contributed by atoms with Crippen LogP contribution in [0.4, 0.5) is 11.4 Å². The van der Waals surface area contributed by atoms with Crippen molar-refractivity contribution in [1.29, 1.82) is 0 Å². The summed E-state index contributed by atoms with van der Waals surface area (Å²) in [5, 5.41) is 0. The SMILES string of the molecule is CCOc1cc(N2CCSCC2C)ccc1N. The zero-order chi connectivity index (χ0) is 12.3. The molecule has 94 valence electrons. The second kappa shape index (κ2) is 5.54. The Kier molecular flexibility index (Phi) is 4.05. The maximum atomic E-state index is 5.89. The van der Waals surface area contributed by atoms with E-state index in [0.29, 0.717) is 12.6 Å². The molecule has 2 rings (SSSR count). The highest BCUT2D eigenvalue weighted by molar-refractivity contribution is 7.99. The van der Waals surface area contributed by atoms with Crippen molar-refractivity contribution in [2.75, 3.05) is 35.3 Å².